The van der Waals surface area contributed by atoms with Crippen LogP contribution in [-0.4, -0.2) is 19.1 Å². The van der Waals surface area contributed by atoms with Gasteiger partial charge in [0, 0.05) is 7.11 Å². The van der Waals surface area contributed by atoms with Crippen molar-refractivity contribution in [3.8, 4) is 0 Å². The molecule has 0 amide bonds. The van der Waals surface area contributed by atoms with Crippen molar-refractivity contribution in [1.29, 1.82) is 0 Å². The molecule has 0 aromatic heterocycles. The second kappa shape index (κ2) is 6.14. The van der Waals surface area contributed by atoms with Crippen molar-refractivity contribution < 1.29 is 4.74 Å². The van der Waals surface area contributed by atoms with E-state index in [0.717, 1.165) is 12.8 Å². The molecule has 1 aromatic rings. The van der Waals surface area contributed by atoms with Gasteiger partial charge in [-0.15, -0.1) is 11.6 Å². The molecule has 0 fully saturated rings. The predicted octanol–water partition coefficient (Wildman–Crippen LogP) is 3.49. The van der Waals surface area contributed by atoms with E-state index >= 15 is 0 Å². The van der Waals surface area contributed by atoms with Crippen molar-refractivity contribution in [1.82, 2.24) is 0 Å². The summed E-state index contributed by atoms with van der Waals surface area (Å²) in [4.78, 5) is 0. The first-order chi connectivity index (χ1) is 7.13. The Morgan fingerprint density at radius 2 is 2.07 bits per heavy atom. The zero-order chi connectivity index (χ0) is 11.3. The van der Waals surface area contributed by atoms with Crippen molar-refractivity contribution in [2.75, 3.05) is 13.7 Å². The van der Waals surface area contributed by atoms with Crippen LogP contribution in [0.1, 0.15) is 23.1 Å². The van der Waals surface area contributed by atoms with Crippen LogP contribution in [0.4, 0.5) is 0 Å². The third-order valence-electron chi connectivity index (χ3n) is 2.58. The number of benzene rings is 1. The summed E-state index contributed by atoms with van der Waals surface area (Å²) in [6.45, 7) is 4.90. The standard InChI is InChI=1S/C13H19ClO/c1-10-4-5-11(2)12(8-10)6-7-13(14)9-15-3/h4-5,8,13H,6-7,9H2,1-3H3. The van der Waals surface area contributed by atoms with E-state index in [1.807, 2.05) is 0 Å². The van der Waals surface area contributed by atoms with Gasteiger partial charge in [-0.3, -0.25) is 0 Å². The molecule has 1 rings (SSSR count). The van der Waals surface area contributed by atoms with Gasteiger partial charge in [0.2, 0.25) is 0 Å². The van der Waals surface area contributed by atoms with Crippen molar-refractivity contribution in [3.63, 3.8) is 0 Å². The van der Waals surface area contributed by atoms with E-state index in [4.69, 9.17) is 16.3 Å². The molecule has 0 saturated carbocycles. The SMILES string of the molecule is COCC(Cl)CCc1cc(C)ccc1C. The van der Waals surface area contributed by atoms with Crippen LogP contribution in [0.2, 0.25) is 0 Å². The van der Waals surface area contributed by atoms with E-state index in [1.54, 1.807) is 7.11 Å². The maximum atomic E-state index is 6.10. The van der Waals surface area contributed by atoms with Crippen molar-refractivity contribution >= 4 is 11.6 Å². The summed E-state index contributed by atoms with van der Waals surface area (Å²) in [5.74, 6) is 0. The van der Waals surface area contributed by atoms with E-state index in [2.05, 4.69) is 32.0 Å². The van der Waals surface area contributed by atoms with Gasteiger partial charge in [0.25, 0.3) is 0 Å². The van der Waals surface area contributed by atoms with Gasteiger partial charge in [-0.05, 0) is 37.8 Å². The first-order valence-electron chi connectivity index (χ1n) is 5.32. The first kappa shape index (κ1) is 12.5. The second-order valence-corrected chi connectivity index (χ2v) is 4.64. The maximum absolute atomic E-state index is 6.10. The number of halogens is 1. The van der Waals surface area contributed by atoms with Gasteiger partial charge in [0.05, 0.1) is 12.0 Å². The Bertz CT molecular complexity index is 309. The number of hydrogen-bond donors (Lipinski definition) is 0. The average molecular weight is 227 g/mol. The number of hydrogen-bond acceptors (Lipinski definition) is 1. The Morgan fingerprint density at radius 3 is 2.73 bits per heavy atom. The molecule has 1 nitrogen and oxygen atoms in total. The molecule has 1 aromatic carbocycles. The Morgan fingerprint density at radius 1 is 1.33 bits per heavy atom. The number of ether oxygens (including phenoxy) is 1. The lowest BCUT2D eigenvalue weighted by molar-refractivity contribution is 0.195. The number of aryl methyl sites for hydroxylation is 3. The van der Waals surface area contributed by atoms with Crippen molar-refractivity contribution in [2.24, 2.45) is 0 Å². The molecule has 2 heteroatoms. The topological polar surface area (TPSA) is 9.23 Å². The molecule has 1 unspecified atom stereocenters. The van der Waals surface area contributed by atoms with Crippen LogP contribution in [0.15, 0.2) is 18.2 Å². The fourth-order valence-corrected chi connectivity index (χ4v) is 1.88. The zero-order valence-electron chi connectivity index (χ0n) is 9.72. The van der Waals surface area contributed by atoms with Crippen LogP contribution in [0.25, 0.3) is 0 Å². The van der Waals surface area contributed by atoms with Crippen LogP contribution in [0.3, 0.4) is 0 Å². The fourth-order valence-electron chi connectivity index (χ4n) is 1.65. The number of alkyl halides is 1. The molecule has 0 N–H and O–H groups in total. The minimum atomic E-state index is 0.120. The third kappa shape index (κ3) is 4.23. The number of methoxy groups -OCH3 is 1. The average Bonchev–Trinajstić information content (AvgIpc) is 2.20. The van der Waals surface area contributed by atoms with Crippen molar-refractivity contribution in [2.45, 2.75) is 32.1 Å². The van der Waals surface area contributed by atoms with E-state index < -0.39 is 0 Å². The zero-order valence-corrected chi connectivity index (χ0v) is 10.5. The minimum Gasteiger partial charge on any atom is -0.383 e. The summed E-state index contributed by atoms with van der Waals surface area (Å²) in [6.07, 6.45) is 2.00. The highest BCUT2D eigenvalue weighted by molar-refractivity contribution is 6.20. The quantitative estimate of drug-likeness (QED) is 0.699. The Balaban J connectivity index is 2.53. The maximum Gasteiger partial charge on any atom is 0.0626 e. The van der Waals surface area contributed by atoms with Crippen LogP contribution in [-0.2, 0) is 11.2 Å². The molecule has 1 atom stereocenters. The van der Waals surface area contributed by atoms with E-state index in [9.17, 15) is 0 Å². The molecule has 15 heavy (non-hydrogen) atoms. The molecule has 0 heterocycles. The van der Waals surface area contributed by atoms with Crippen LogP contribution < -0.4 is 0 Å². The van der Waals surface area contributed by atoms with E-state index in [-0.39, 0.29) is 5.38 Å². The molecule has 0 spiro atoms. The second-order valence-electron chi connectivity index (χ2n) is 4.02. The van der Waals surface area contributed by atoms with Gasteiger partial charge in [0.1, 0.15) is 0 Å². The molecular formula is C13H19ClO. The van der Waals surface area contributed by atoms with Gasteiger partial charge < -0.3 is 4.74 Å². The third-order valence-corrected chi connectivity index (χ3v) is 2.92. The lowest BCUT2D eigenvalue weighted by Gasteiger charge is -2.10. The lowest BCUT2D eigenvalue weighted by atomic mass is 10.0. The van der Waals surface area contributed by atoms with Crippen molar-refractivity contribution in [3.05, 3.63) is 34.9 Å². The normalized spacial score (nSPS) is 12.8. The largest absolute Gasteiger partial charge is 0.383 e. The molecule has 0 saturated heterocycles. The molecule has 0 aliphatic rings. The Kier molecular flexibility index (Phi) is 5.13. The summed E-state index contributed by atoms with van der Waals surface area (Å²) in [7, 11) is 1.69. The molecular weight excluding hydrogens is 208 g/mol. The van der Waals surface area contributed by atoms with Gasteiger partial charge in [0.15, 0.2) is 0 Å². The lowest BCUT2D eigenvalue weighted by Crippen LogP contribution is -2.08. The van der Waals surface area contributed by atoms with Crippen LogP contribution in [0.5, 0.6) is 0 Å². The molecule has 84 valence electrons. The highest BCUT2D eigenvalue weighted by Crippen LogP contribution is 2.15. The van der Waals surface area contributed by atoms with Gasteiger partial charge in [-0.2, -0.15) is 0 Å². The first-order valence-corrected chi connectivity index (χ1v) is 5.76. The molecule has 0 aliphatic carbocycles. The van der Waals surface area contributed by atoms with E-state index in [0.29, 0.717) is 6.61 Å². The summed E-state index contributed by atoms with van der Waals surface area (Å²) >= 11 is 6.10. The Hall–Kier alpha value is -0.530. The predicted molar refractivity (Wildman–Crippen MR) is 65.8 cm³/mol. The van der Waals surface area contributed by atoms with E-state index in [1.165, 1.54) is 16.7 Å². The summed E-state index contributed by atoms with van der Waals surface area (Å²) in [5.41, 5.74) is 4.06. The Labute approximate surface area is 97.4 Å². The highest BCUT2D eigenvalue weighted by atomic mass is 35.5. The summed E-state index contributed by atoms with van der Waals surface area (Å²) < 4.78 is 5.01. The molecule has 0 aliphatic heterocycles. The van der Waals surface area contributed by atoms with Gasteiger partial charge >= 0.3 is 0 Å². The monoisotopic (exact) mass is 226 g/mol. The van der Waals surface area contributed by atoms with Crippen LogP contribution >= 0.6 is 11.6 Å². The van der Waals surface area contributed by atoms with Gasteiger partial charge in [-0.25, -0.2) is 0 Å². The summed E-state index contributed by atoms with van der Waals surface area (Å²) in [5, 5.41) is 0.120. The molecule has 0 radical (unpaired) electrons. The highest BCUT2D eigenvalue weighted by Gasteiger charge is 2.05. The molecule has 0 bridgehead atoms. The number of rotatable bonds is 5. The minimum absolute atomic E-state index is 0.120. The summed E-state index contributed by atoms with van der Waals surface area (Å²) in [6, 6.07) is 6.56. The smallest absolute Gasteiger partial charge is 0.0626 e. The fraction of sp³-hybridized carbons (Fsp3) is 0.538. The van der Waals surface area contributed by atoms with Crippen LogP contribution in [0, 0.1) is 13.8 Å². The van der Waals surface area contributed by atoms with Gasteiger partial charge in [-0.1, -0.05) is 23.8 Å².